The number of nitriles is 1. The standard InChI is InChI=1S/C18H16N4O2S2/c19-13-15-12-14-4-1-2-5-16(14)20-18(15)21-7-9-22(10-8-21)26(23,24)17-6-3-11-25-17/h1-6,11-12H,7-10H2. The number of para-hydroxylation sites is 1. The summed E-state index contributed by atoms with van der Waals surface area (Å²) in [6.07, 6.45) is 0. The summed E-state index contributed by atoms with van der Waals surface area (Å²) in [6.45, 7) is 1.76. The molecular formula is C18H16N4O2S2. The first-order valence-corrected chi connectivity index (χ1v) is 10.5. The van der Waals surface area contributed by atoms with Crippen LogP contribution in [0.2, 0.25) is 0 Å². The molecule has 0 saturated carbocycles. The minimum absolute atomic E-state index is 0.368. The summed E-state index contributed by atoms with van der Waals surface area (Å²) in [5, 5.41) is 12.2. The lowest BCUT2D eigenvalue weighted by Gasteiger charge is -2.34. The molecule has 0 bridgehead atoms. The lowest BCUT2D eigenvalue weighted by Crippen LogP contribution is -2.49. The molecular weight excluding hydrogens is 368 g/mol. The number of pyridine rings is 1. The average Bonchev–Trinajstić information content (AvgIpc) is 3.23. The van der Waals surface area contributed by atoms with Gasteiger partial charge >= 0.3 is 0 Å². The van der Waals surface area contributed by atoms with E-state index in [9.17, 15) is 13.7 Å². The highest BCUT2D eigenvalue weighted by atomic mass is 32.2. The van der Waals surface area contributed by atoms with E-state index < -0.39 is 10.0 Å². The van der Waals surface area contributed by atoms with Crippen LogP contribution in [0.15, 0.2) is 52.1 Å². The first kappa shape index (κ1) is 17.0. The molecule has 1 saturated heterocycles. The summed E-state index contributed by atoms with van der Waals surface area (Å²) in [5.41, 5.74) is 1.34. The molecule has 0 spiro atoms. The Balaban J connectivity index is 1.59. The molecule has 1 fully saturated rings. The molecule has 1 aromatic carbocycles. The molecule has 0 amide bonds. The van der Waals surface area contributed by atoms with Crippen LogP contribution in [0.5, 0.6) is 0 Å². The zero-order valence-corrected chi connectivity index (χ0v) is 15.5. The largest absolute Gasteiger partial charge is 0.353 e. The summed E-state index contributed by atoms with van der Waals surface area (Å²) in [6, 6.07) is 15.1. The van der Waals surface area contributed by atoms with Gasteiger partial charge in [0.1, 0.15) is 16.1 Å². The molecule has 2 aromatic heterocycles. The van der Waals surface area contributed by atoms with E-state index in [1.807, 2.05) is 35.2 Å². The van der Waals surface area contributed by atoms with Crippen LogP contribution in [0.3, 0.4) is 0 Å². The van der Waals surface area contributed by atoms with Gasteiger partial charge in [-0.15, -0.1) is 11.3 Å². The third kappa shape index (κ3) is 2.94. The number of thiophene rings is 1. The Hall–Kier alpha value is -2.47. The van der Waals surface area contributed by atoms with Gasteiger partial charge in [-0.25, -0.2) is 13.4 Å². The monoisotopic (exact) mass is 384 g/mol. The number of aromatic nitrogens is 1. The molecule has 0 aliphatic carbocycles. The minimum atomic E-state index is -3.43. The van der Waals surface area contributed by atoms with Gasteiger partial charge in [-0.05, 0) is 23.6 Å². The van der Waals surface area contributed by atoms with Crippen molar-refractivity contribution in [3.05, 3.63) is 53.4 Å². The third-order valence-electron chi connectivity index (χ3n) is 4.45. The second-order valence-corrected chi connectivity index (χ2v) is 9.10. The van der Waals surface area contributed by atoms with E-state index in [4.69, 9.17) is 0 Å². The van der Waals surface area contributed by atoms with E-state index in [1.54, 1.807) is 17.5 Å². The number of nitrogens with zero attached hydrogens (tertiary/aromatic N) is 4. The highest BCUT2D eigenvalue weighted by molar-refractivity contribution is 7.91. The molecule has 0 N–H and O–H groups in total. The van der Waals surface area contributed by atoms with Crippen molar-refractivity contribution in [2.75, 3.05) is 31.1 Å². The van der Waals surface area contributed by atoms with Crippen molar-refractivity contribution >= 4 is 38.1 Å². The predicted molar refractivity (Wildman–Crippen MR) is 102 cm³/mol. The van der Waals surface area contributed by atoms with Crippen LogP contribution in [0.4, 0.5) is 5.82 Å². The summed E-state index contributed by atoms with van der Waals surface area (Å²) >= 11 is 1.23. The number of hydrogen-bond acceptors (Lipinski definition) is 6. The van der Waals surface area contributed by atoms with Gasteiger partial charge in [-0.2, -0.15) is 9.57 Å². The van der Waals surface area contributed by atoms with Crippen LogP contribution in [0, 0.1) is 11.3 Å². The Kier molecular flexibility index (Phi) is 4.36. The average molecular weight is 384 g/mol. The molecule has 0 unspecified atom stereocenters. The maximum absolute atomic E-state index is 12.6. The number of sulfonamides is 1. The molecule has 3 aromatic rings. The Morgan fingerprint density at radius 1 is 1.08 bits per heavy atom. The van der Waals surface area contributed by atoms with Crippen molar-refractivity contribution in [3.8, 4) is 6.07 Å². The van der Waals surface area contributed by atoms with Crippen LogP contribution in [0.1, 0.15) is 5.56 Å². The minimum Gasteiger partial charge on any atom is -0.353 e. The van der Waals surface area contributed by atoms with Crippen LogP contribution in [0.25, 0.3) is 10.9 Å². The van der Waals surface area contributed by atoms with Crippen molar-refractivity contribution in [2.45, 2.75) is 4.21 Å². The fourth-order valence-corrected chi connectivity index (χ4v) is 5.67. The topological polar surface area (TPSA) is 77.3 Å². The number of rotatable bonds is 3. The summed E-state index contributed by atoms with van der Waals surface area (Å²) in [4.78, 5) is 6.64. The highest BCUT2D eigenvalue weighted by Gasteiger charge is 2.30. The fraction of sp³-hybridized carbons (Fsp3) is 0.222. The van der Waals surface area contributed by atoms with Crippen molar-refractivity contribution < 1.29 is 8.42 Å². The van der Waals surface area contributed by atoms with E-state index in [1.165, 1.54) is 15.6 Å². The number of piperazine rings is 1. The van der Waals surface area contributed by atoms with E-state index >= 15 is 0 Å². The van der Waals surface area contributed by atoms with E-state index in [0.717, 1.165) is 10.9 Å². The van der Waals surface area contributed by atoms with E-state index in [-0.39, 0.29) is 0 Å². The van der Waals surface area contributed by atoms with Crippen molar-refractivity contribution in [1.29, 1.82) is 5.26 Å². The lowest BCUT2D eigenvalue weighted by molar-refractivity contribution is 0.385. The Labute approximate surface area is 156 Å². The Morgan fingerprint density at radius 3 is 2.54 bits per heavy atom. The molecule has 6 nitrogen and oxygen atoms in total. The number of anilines is 1. The smallest absolute Gasteiger partial charge is 0.252 e. The normalized spacial score (nSPS) is 15.9. The molecule has 26 heavy (non-hydrogen) atoms. The first-order valence-electron chi connectivity index (χ1n) is 8.18. The van der Waals surface area contributed by atoms with Crippen LogP contribution in [-0.4, -0.2) is 43.9 Å². The molecule has 1 aliphatic heterocycles. The number of benzene rings is 1. The van der Waals surface area contributed by atoms with Crippen molar-refractivity contribution in [1.82, 2.24) is 9.29 Å². The summed E-state index contributed by atoms with van der Waals surface area (Å²) < 4.78 is 27.1. The van der Waals surface area contributed by atoms with Gasteiger partial charge in [-0.1, -0.05) is 24.3 Å². The quantitative estimate of drug-likeness (QED) is 0.694. The van der Waals surface area contributed by atoms with Crippen LogP contribution < -0.4 is 4.90 Å². The maximum Gasteiger partial charge on any atom is 0.252 e. The van der Waals surface area contributed by atoms with Gasteiger partial charge in [0.05, 0.1) is 11.1 Å². The molecule has 3 heterocycles. The highest BCUT2D eigenvalue weighted by Crippen LogP contribution is 2.26. The van der Waals surface area contributed by atoms with Crippen LogP contribution in [-0.2, 0) is 10.0 Å². The van der Waals surface area contributed by atoms with Crippen LogP contribution >= 0.6 is 11.3 Å². The Morgan fingerprint density at radius 2 is 1.85 bits per heavy atom. The first-order chi connectivity index (χ1) is 12.6. The number of fused-ring (bicyclic) bond motifs is 1. The predicted octanol–water partition coefficient (Wildman–Crippen LogP) is 2.68. The van der Waals surface area contributed by atoms with Gasteiger partial charge < -0.3 is 4.90 Å². The molecule has 0 atom stereocenters. The van der Waals surface area contributed by atoms with Gasteiger partial charge in [0, 0.05) is 31.6 Å². The number of hydrogen-bond donors (Lipinski definition) is 0. The zero-order valence-electron chi connectivity index (χ0n) is 13.9. The lowest BCUT2D eigenvalue weighted by atomic mass is 10.1. The van der Waals surface area contributed by atoms with Gasteiger partial charge in [0.2, 0.25) is 0 Å². The van der Waals surface area contributed by atoms with E-state index in [0.29, 0.717) is 41.8 Å². The van der Waals surface area contributed by atoms with Gasteiger partial charge in [0.25, 0.3) is 10.0 Å². The third-order valence-corrected chi connectivity index (χ3v) is 7.72. The molecule has 1 aliphatic rings. The SMILES string of the molecule is N#Cc1cc2ccccc2nc1N1CCN(S(=O)(=O)c2cccs2)CC1. The van der Waals surface area contributed by atoms with Crippen molar-refractivity contribution in [3.63, 3.8) is 0 Å². The molecule has 0 radical (unpaired) electrons. The summed E-state index contributed by atoms with van der Waals surface area (Å²) in [7, 11) is -3.43. The van der Waals surface area contributed by atoms with Crippen molar-refractivity contribution in [2.24, 2.45) is 0 Å². The van der Waals surface area contributed by atoms with Gasteiger partial charge in [-0.3, -0.25) is 0 Å². The summed E-state index contributed by atoms with van der Waals surface area (Å²) in [5.74, 6) is 0.624. The molecule has 132 valence electrons. The van der Waals surface area contributed by atoms with E-state index in [2.05, 4.69) is 11.1 Å². The zero-order chi connectivity index (χ0) is 18.1. The maximum atomic E-state index is 12.6. The second-order valence-electron chi connectivity index (χ2n) is 5.99. The second kappa shape index (κ2) is 6.68. The van der Waals surface area contributed by atoms with Gasteiger partial charge in [0.15, 0.2) is 0 Å². The Bertz CT molecular complexity index is 1080. The molecule has 8 heteroatoms. The fourth-order valence-electron chi connectivity index (χ4n) is 3.11. The molecule has 4 rings (SSSR count).